The van der Waals surface area contributed by atoms with Gasteiger partial charge in [0.15, 0.2) is 0 Å². The van der Waals surface area contributed by atoms with Gasteiger partial charge in [0, 0.05) is 11.6 Å². The molecule has 0 radical (unpaired) electrons. The highest BCUT2D eigenvalue weighted by Gasteiger charge is 2.08. The van der Waals surface area contributed by atoms with Crippen LogP contribution in [0, 0.1) is 0 Å². The van der Waals surface area contributed by atoms with Gasteiger partial charge in [0.05, 0.1) is 24.8 Å². The molecule has 0 heterocycles. The van der Waals surface area contributed by atoms with E-state index in [0.717, 1.165) is 10.0 Å². The second-order valence-electron chi connectivity index (χ2n) is 2.69. The Labute approximate surface area is 91.8 Å². The highest BCUT2D eigenvalue weighted by molar-refractivity contribution is 9.10. The van der Waals surface area contributed by atoms with Crippen molar-refractivity contribution in [2.75, 3.05) is 13.7 Å². The van der Waals surface area contributed by atoms with Crippen molar-refractivity contribution < 1.29 is 14.6 Å². The molecule has 78 valence electrons. The van der Waals surface area contributed by atoms with Gasteiger partial charge in [-0.05, 0) is 28.9 Å². The molecule has 3 nitrogen and oxygen atoms in total. The standard InChI is InChI=1S/C10H13BrO3/c1-3-14-9-5-10(13-2)8(11)4-7(9)6-12/h4-5,12H,3,6H2,1-2H3. The maximum absolute atomic E-state index is 9.09. The molecule has 0 atom stereocenters. The molecule has 1 N–H and O–H groups in total. The maximum Gasteiger partial charge on any atom is 0.136 e. The molecule has 0 aliphatic carbocycles. The zero-order valence-electron chi connectivity index (χ0n) is 8.21. The fourth-order valence-electron chi connectivity index (χ4n) is 1.15. The predicted molar refractivity (Wildman–Crippen MR) is 57.8 cm³/mol. The van der Waals surface area contributed by atoms with E-state index in [1.807, 2.05) is 6.92 Å². The molecule has 1 aromatic carbocycles. The summed E-state index contributed by atoms with van der Waals surface area (Å²) in [6.07, 6.45) is 0. The van der Waals surface area contributed by atoms with Crippen LogP contribution in [0.25, 0.3) is 0 Å². The van der Waals surface area contributed by atoms with Gasteiger partial charge in [0.2, 0.25) is 0 Å². The quantitative estimate of drug-likeness (QED) is 0.904. The summed E-state index contributed by atoms with van der Waals surface area (Å²) in [5.74, 6) is 1.36. The van der Waals surface area contributed by atoms with Crippen LogP contribution in [-0.2, 0) is 6.61 Å². The molecule has 14 heavy (non-hydrogen) atoms. The van der Waals surface area contributed by atoms with Crippen molar-refractivity contribution >= 4 is 15.9 Å². The molecule has 0 saturated carbocycles. The summed E-state index contributed by atoms with van der Waals surface area (Å²) in [5.41, 5.74) is 0.750. The number of ether oxygens (including phenoxy) is 2. The van der Waals surface area contributed by atoms with Gasteiger partial charge >= 0.3 is 0 Å². The van der Waals surface area contributed by atoms with Gasteiger partial charge < -0.3 is 14.6 Å². The average molecular weight is 261 g/mol. The summed E-state index contributed by atoms with van der Waals surface area (Å²) in [6.45, 7) is 2.42. The van der Waals surface area contributed by atoms with E-state index in [-0.39, 0.29) is 6.61 Å². The third-order valence-electron chi connectivity index (χ3n) is 1.81. The van der Waals surface area contributed by atoms with E-state index in [1.165, 1.54) is 0 Å². The first kappa shape index (κ1) is 11.3. The normalized spacial score (nSPS) is 10.0. The lowest BCUT2D eigenvalue weighted by atomic mass is 10.2. The molecule has 0 aliphatic heterocycles. The number of rotatable bonds is 4. The number of aliphatic hydroxyl groups is 1. The molecule has 0 amide bonds. The van der Waals surface area contributed by atoms with E-state index in [2.05, 4.69) is 15.9 Å². The zero-order valence-corrected chi connectivity index (χ0v) is 9.80. The Balaban J connectivity index is 3.11. The molecule has 0 aromatic heterocycles. The van der Waals surface area contributed by atoms with Gasteiger partial charge in [-0.3, -0.25) is 0 Å². The van der Waals surface area contributed by atoms with E-state index in [1.54, 1.807) is 19.2 Å². The summed E-state index contributed by atoms with van der Waals surface area (Å²) < 4.78 is 11.3. The third kappa shape index (κ3) is 2.39. The van der Waals surface area contributed by atoms with Crippen molar-refractivity contribution in [3.63, 3.8) is 0 Å². The lowest BCUT2D eigenvalue weighted by Crippen LogP contribution is -1.98. The van der Waals surface area contributed by atoms with Crippen LogP contribution in [0.3, 0.4) is 0 Å². The van der Waals surface area contributed by atoms with Crippen molar-refractivity contribution in [2.24, 2.45) is 0 Å². The van der Waals surface area contributed by atoms with Crippen molar-refractivity contribution in [3.05, 3.63) is 22.2 Å². The summed E-state index contributed by atoms with van der Waals surface area (Å²) in [4.78, 5) is 0. The van der Waals surface area contributed by atoms with Crippen molar-refractivity contribution in [1.82, 2.24) is 0 Å². The van der Waals surface area contributed by atoms with Crippen LogP contribution in [0.1, 0.15) is 12.5 Å². The van der Waals surface area contributed by atoms with Crippen LogP contribution in [0.15, 0.2) is 16.6 Å². The number of aliphatic hydroxyl groups excluding tert-OH is 1. The summed E-state index contributed by atoms with van der Waals surface area (Å²) >= 11 is 3.34. The number of hydrogen-bond donors (Lipinski definition) is 1. The van der Waals surface area contributed by atoms with Gasteiger partial charge in [0.25, 0.3) is 0 Å². The second-order valence-corrected chi connectivity index (χ2v) is 3.54. The van der Waals surface area contributed by atoms with Crippen LogP contribution >= 0.6 is 15.9 Å². The van der Waals surface area contributed by atoms with Crippen molar-refractivity contribution in [2.45, 2.75) is 13.5 Å². The van der Waals surface area contributed by atoms with Crippen molar-refractivity contribution in [1.29, 1.82) is 0 Å². The van der Waals surface area contributed by atoms with Crippen LogP contribution < -0.4 is 9.47 Å². The van der Waals surface area contributed by atoms with Crippen molar-refractivity contribution in [3.8, 4) is 11.5 Å². The van der Waals surface area contributed by atoms with Gasteiger partial charge in [-0.1, -0.05) is 0 Å². The topological polar surface area (TPSA) is 38.7 Å². The first-order valence-electron chi connectivity index (χ1n) is 4.33. The fourth-order valence-corrected chi connectivity index (χ4v) is 1.70. The molecule has 0 unspecified atom stereocenters. The van der Waals surface area contributed by atoms with Gasteiger partial charge in [-0.25, -0.2) is 0 Å². The van der Waals surface area contributed by atoms with E-state index >= 15 is 0 Å². The fraction of sp³-hybridized carbons (Fsp3) is 0.400. The number of halogens is 1. The smallest absolute Gasteiger partial charge is 0.136 e. The largest absolute Gasteiger partial charge is 0.495 e. The first-order valence-corrected chi connectivity index (χ1v) is 5.12. The lowest BCUT2D eigenvalue weighted by molar-refractivity contribution is 0.266. The molecule has 0 spiro atoms. The first-order chi connectivity index (χ1) is 6.72. The van der Waals surface area contributed by atoms with Gasteiger partial charge in [-0.15, -0.1) is 0 Å². The Morgan fingerprint density at radius 1 is 1.36 bits per heavy atom. The molecule has 0 fully saturated rings. The highest BCUT2D eigenvalue weighted by atomic mass is 79.9. The molecular formula is C10H13BrO3. The van der Waals surface area contributed by atoms with E-state index in [0.29, 0.717) is 18.1 Å². The lowest BCUT2D eigenvalue weighted by Gasteiger charge is -2.11. The Kier molecular flexibility index (Phi) is 4.22. The zero-order chi connectivity index (χ0) is 10.6. The minimum atomic E-state index is -0.0437. The highest BCUT2D eigenvalue weighted by Crippen LogP contribution is 2.32. The van der Waals surface area contributed by atoms with Crippen LogP contribution in [0.5, 0.6) is 11.5 Å². The van der Waals surface area contributed by atoms with Crippen LogP contribution in [-0.4, -0.2) is 18.8 Å². The Bertz CT molecular complexity index is 312. The molecule has 0 bridgehead atoms. The average Bonchev–Trinajstić information content (AvgIpc) is 2.20. The van der Waals surface area contributed by atoms with Gasteiger partial charge in [0.1, 0.15) is 11.5 Å². The SMILES string of the molecule is CCOc1cc(OC)c(Br)cc1CO. The maximum atomic E-state index is 9.09. The summed E-state index contributed by atoms with van der Waals surface area (Å²) in [5, 5.41) is 9.09. The number of hydrogen-bond acceptors (Lipinski definition) is 3. The summed E-state index contributed by atoms with van der Waals surface area (Å²) in [7, 11) is 1.59. The van der Waals surface area contributed by atoms with E-state index < -0.39 is 0 Å². The predicted octanol–water partition coefficient (Wildman–Crippen LogP) is 2.35. The van der Waals surface area contributed by atoms with E-state index in [4.69, 9.17) is 14.6 Å². The Hall–Kier alpha value is -0.740. The molecule has 1 rings (SSSR count). The van der Waals surface area contributed by atoms with Gasteiger partial charge in [-0.2, -0.15) is 0 Å². The molecule has 0 saturated heterocycles. The molecule has 0 aliphatic rings. The Morgan fingerprint density at radius 2 is 2.07 bits per heavy atom. The number of benzene rings is 1. The Morgan fingerprint density at radius 3 is 2.57 bits per heavy atom. The number of methoxy groups -OCH3 is 1. The second kappa shape index (κ2) is 5.22. The third-order valence-corrected chi connectivity index (χ3v) is 2.42. The van der Waals surface area contributed by atoms with Crippen LogP contribution in [0.2, 0.25) is 0 Å². The van der Waals surface area contributed by atoms with E-state index in [9.17, 15) is 0 Å². The molecule has 4 heteroatoms. The monoisotopic (exact) mass is 260 g/mol. The summed E-state index contributed by atoms with van der Waals surface area (Å²) in [6, 6.07) is 3.56. The minimum absolute atomic E-state index is 0.0437. The minimum Gasteiger partial charge on any atom is -0.495 e. The van der Waals surface area contributed by atoms with Crippen LogP contribution in [0.4, 0.5) is 0 Å². The molecular weight excluding hydrogens is 248 g/mol. The molecule has 1 aromatic rings.